The van der Waals surface area contributed by atoms with Crippen LogP contribution in [0.1, 0.15) is 44.9 Å². The van der Waals surface area contributed by atoms with Crippen LogP contribution in [0.5, 0.6) is 0 Å². The topological polar surface area (TPSA) is 27.1 Å². The quantitative estimate of drug-likeness (QED) is 0.543. The van der Waals surface area contributed by atoms with Gasteiger partial charge in [0.2, 0.25) is 0 Å². The Bertz CT molecular complexity index is 202. The van der Waals surface area contributed by atoms with Gasteiger partial charge in [0.05, 0.1) is 5.84 Å². The molecule has 2 aliphatic rings. The maximum Gasteiger partial charge on any atom is 0.0986 e. The summed E-state index contributed by atoms with van der Waals surface area (Å²) in [6.07, 6.45) is 9.55. The SMILES string of the molecule is CN(CC1CCCCC1)C(=N)C1CC1. The molecule has 2 nitrogen and oxygen atoms in total. The van der Waals surface area contributed by atoms with E-state index in [1.165, 1.54) is 44.9 Å². The molecule has 0 amide bonds. The summed E-state index contributed by atoms with van der Waals surface area (Å²) in [6, 6.07) is 0. The van der Waals surface area contributed by atoms with Crippen LogP contribution in [-0.4, -0.2) is 24.3 Å². The van der Waals surface area contributed by atoms with E-state index in [9.17, 15) is 0 Å². The fourth-order valence-electron chi connectivity index (χ4n) is 2.52. The smallest absolute Gasteiger partial charge is 0.0986 e. The Hall–Kier alpha value is -0.530. The van der Waals surface area contributed by atoms with E-state index in [-0.39, 0.29) is 0 Å². The zero-order valence-corrected chi connectivity index (χ0v) is 9.26. The summed E-state index contributed by atoms with van der Waals surface area (Å²) in [5, 5.41) is 7.96. The van der Waals surface area contributed by atoms with Crippen LogP contribution >= 0.6 is 0 Å². The molecule has 0 heterocycles. The summed E-state index contributed by atoms with van der Waals surface area (Å²) >= 11 is 0. The van der Waals surface area contributed by atoms with Crippen molar-refractivity contribution >= 4 is 5.84 Å². The number of nitrogens with one attached hydrogen (secondary N) is 1. The molecule has 0 radical (unpaired) electrons. The highest BCUT2D eigenvalue weighted by Gasteiger charge is 2.29. The largest absolute Gasteiger partial charge is 0.363 e. The predicted octanol–water partition coefficient (Wildman–Crippen LogP) is 2.89. The van der Waals surface area contributed by atoms with E-state index in [4.69, 9.17) is 5.41 Å². The average Bonchev–Trinajstić information content (AvgIpc) is 3.01. The van der Waals surface area contributed by atoms with Crippen LogP contribution in [0.15, 0.2) is 0 Å². The lowest BCUT2D eigenvalue weighted by Gasteiger charge is -2.28. The standard InChI is InChI=1S/C12H22N2/c1-14(12(13)11-7-8-11)9-10-5-3-2-4-6-10/h10-11,13H,2-9H2,1H3. The van der Waals surface area contributed by atoms with Crippen molar-refractivity contribution in [2.75, 3.05) is 13.6 Å². The Morgan fingerprint density at radius 1 is 1.14 bits per heavy atom. The second kappa shape index (κ2) is 4.33. The van der Waals surface area contributed by atoms with Crippen LogP contribution in [0.4, 0.5) is 0 Å². The lowest BCUT2D eigenvalue weighted by molar-refractivity contribution is 0.292. The number of hydrogen-bond donors (Lipinski definition) is 1. The summed E-state index contributed by atoms with van der Waals surface area (Å²) in [5.74, 6) is 2.38. The molecular formula is C12H22N2. The maximum absolute atomic E-state index is 7.96. The van der Waals surface area contributed by atoms with Crippen molar-refractivity contribution in [3.63, 3.8) is 0 Å². The van der Waals surface area contributed by atoms with Crippen LogP contribution in [0.2, 0.25) is 0 Å². The second-order valence-electron chi connectivity index (χ2n) is 5.04. The third-order valence-corrected chi connectivity index (χ3v) is 3.63. The first-order valence-corrected chi connectivity index (χ1v) is 6.07. The minimum atomic E-state index is 0.614. The van der Waals surface area contributed by atoms with Crippen molar-refractivity contribution in [3.8, 4) is 0 Å². The summed E-state index contributed by atoms with van der Waals surface area (Å²) in [5.41, 5.74) is 0. The van der Waals surface area contributed by atoms with Gasteiger partial charge in [0.15, 0.2) is 0 Å². The minimum absolute atomic E-state index is 0.614. The molecule has 0 unspecified atom stereocenters. The zero-order chi connectivity index (χ0) is 9.97. The fourth-order valence-corrected chi connectivity index (χ4v) is 2.52. The molecule has 2 rings (SSSR count). The summed E-state index contributed by atoms with van der Waals surface area (Å²) < 4.78 is 0. The molecule has 0 bridgehead atoms. The van der Waals surface area contributed by atoms with Gasteiger partial charge in [-0.3, -0.25) is 5.41 Å². The van der Waals surface area contributed by atoms with E-state index in [0.29, 0.717) is 5.92 Å². The van der Waals surface area contributed by atoms with Crippen molar-refractivity contribution in [1.29, 1.82) is 5.41 Å². The number of nitrogens with zero attached hydrogens (tertiary/aromatic N) is 1. The predicted molar refractivity (Wildman–Crippen MR) is 59.7 cm³/mol. The van der Waals surface area contributed by atoms with Crippen molar-refractivity contribution in [3.05, 3.63) is 0 Å². The van der Waals surface area contributed by atoms with Crippen molar-refractivity contribution in [1.82, 2.24) is 4.90 Å². The lowest BCUT2D eigenvalue weighted by atomic mass is 9.89. The van der Waals surface area contributed by atoms with E-state index in [1.54, 1.807) is 0 Å². The van der Waals surface area contributed by atoms with Gasteiger partial charge < -0.3 is 4.90 Å². The Kier molecular flexibility index (Phi) is 3.09. The van der Waals surface area contributed by atoms with Crippen LogP contribution in [0.3, 0.4) is 0 Å². The maximum atomic E-state index is 7.96. The summed E-state index contributed by atoms with van der Waals surface area (Å²) in [7, 11) is 2.11. The van der Waals surface area contributed by atoms with Gasteiger partial charge in [-0.05, 0) is 31.6 Å². The molecule has 0 aromatic rings. The molecule has 2 saturated carbocycles. The molecule has 0 spiro atoms. The van der Waals surface area contributed by atoms with Crippen LogP contribution in [0, 0.1) is 17.2 Å². The molecule has 0 aliphatic heterocycles. The summed E-state index contributed by atoms with van der Waals surface area (Å²) in [6.45, 7) is 1.13. The van der Waals surface area contributed by atoms with Crippen molar-refractivity contribution in [2.45, 2.75) is 44.9 Å². The molecule has 80 valence electrons. The van der Waals surface area contributed by atoms with E-state index < -0.39 is 0 Å². The molecule has 2 heteroatoms. The van der Waals surface area contributed by atoms with Gasteiger partial charge in [-0.25, -0.2) is 0 Å². The van der Waals surface area contributed by atoms with Gasteiger partial charge in [-0.2, -0.15) is 0 Å². The lowest BCUT2D eigenvalue weighted by Crippen LogP contribution is -2.33. The van der Waals surface area contributed by atoms with E-state index in [1.807, 2.05) is 0 Å². The van der Waals surface area contributed by atoms with Crippen LogP contribution in [-0.2, 0) is 0 Å². The molecule has 2 fully saturated rings. The van der Waals surface area contributed by atoms with Gasteiger partial charge in [0, 0.05) is 19.5 Å². The molecule has 14 heavy (non-hydrogen) atoms. The zero-order valence-electron chi connectivity index (χ0n) is 9.26. The normalized spacial score (nSPS) is 23.5. The Morgan fingerprint density at radius 2 is 1.79 bits per heavy atom. The third-order valence-electron chi connectivity index (χ3n) is 3.63. The van der Waals surface area contributed by atoms with Crippen molar-refractivity contribution < 1.29 is 0 Å². The first kappa shape index (κ1) is 10.0. The van der Waals surface area contributed by atoms with E-state index in [2.05, 4.69) is 11.9 Å². The fraction of sp³-hybridized carbons (Fsp3) is 0.917. The van der Waals surface area contributed by atoms with Crippen molar-refractivity contribution in [2.24, 2.45) is 11.8 Å². The van der Waals surface area contributed by atoms with E-state index >= 15 is 0 Å². The molecule has 0 aromatic heterocycles. The average molecular weight is 194 g/mol. The van der Waals surface area contributed by atoms with Gasteiger partial charge in [-0.15, -0.1) is 0 Å². The van der Waals surface area contributed by atoms with Gasteiger partial charge in [0.1, 0.15) is 0 Å². The third kappa shape index (κ3) is 2.49. The Balaban J connectivity index is 1.74. The highest BCUT2D eigenvalue weighted by molar-refractivity contribution is 5.83. The second-order valence-corrected chi connectivity index (χ2v) is 5.04. The first-order chi connectivity index (χ1) is 6.77. The Morgan fingerprint density at radius 3 is 2.36 bits per heavy atom. The summed E-state index contributed by atoms with van der Waals surface area (Å²) in [4.78, 5) is 2.20. The van der Waals surface area contributed by atoms with Crippen LogP contribution < -0.4 is 0 Å². The first-order valence-electron chi connectivity index (χ1n) is 6.07. The Labute approximate surface area is 87.2 Å². The molecular weight excluding hydrogens is 172 g/mol. The molecule has 0 saturated heterocycles. The van der Waals surface area contributed by atoms with Crippen LogP contribution in [0.25, 0.3) is 0 Å². The van der Waals surface area contributed by atoms with Gasteiger partial charge in [0.25, 0.3) is 0 Å². The number of amidine groups is 1. The van der Waals surface area contributed by atoms with Gasteiger partial charge in [-0.1, -0.05) is 19.3 Å². The molecule has 1 N–H and O–H groups in total. The molecule has 0 atom stereocenters. The van der Waals surface area contributed by atoms with E-state index in [0.717, 1.165) is 18.3 Å². The highest BCUT2D eigenvalue weighted by atomic mass is 15.1. The molecule has 0 aromatic carbocycles. The highest BCUT2D eigenvalue weighted by Crippen LogP contribution is 2.32. The number of hydrogen-bond acceptors (Lipinski definition) is 1. The monoisotopic (exact) mass is 194 g/mol. The van der Waals surface area contributed by atoms with Gasteiger partial charge >= 0.3 is 0 Å². The number of rotatable bonds is 3. The molecule has 2 aliphatic carbocycles. The minimum Gasteiger partial charge on any atom is -0.363 e.